The summed E-state index contributed by atoms with van der Waals surface area (Å²) in [6.45, 7) is 9.67. The lowest BCUT2D eigenvalue weighted by molar-refractivity contribution is 0.378. The van der Waals surface area contributed by atoms with E-state index in [1.54, 1.807) is 0 Å². The van der Waals surface area contributed by atoms with Crippen molar-refractivity contribution < 1.29 is 5.11 Å². The maximum atomic E-state index is 9.45. The Kier molecular flexibility index (Phi) is 4.77. The fourth-order valence-electron chi connectivity index (χ4n) is 1.59. The summed E-state index contributed by atoms with van der Waals surface area (Å²) in [5.74, 6) is 0.146. The van der Waals surface area contributed by atoms with Crippen LogP contribution in [0.5, 0.6) is 0 Å². The van der Waals surface area contributed by atoms with Crippen molar-refractivity contribution in [2.75, 3.05) is 0 Å². The van der Waals surface area contributed by atoms with Crippen molar-refractivity contribution in [2.45, 2.75) is 26.7 Å². The van der Waals surface area contributed by atoms with Gasteiger partial charge in [0.25, 0.3) is 0 Å². The summed E-state index contributed by atoms with van der Waals surface area (Å²) in [5.41, 5.74) is 3.46. The molecule has 0 heterocycles. The minimum Gasteiger partial charge on any atom is -0.512 e. The van der Waals surface area contributed by atoms with Crippen LogP contribution in [0, 0.1) is 13.8 Å². The van der Waals surface area contributed by atoms with Crippen LogP contribution in [0.25, 0.3) is 0 Å². The third kappa shape index (κ3) is 4.31. The van der Waals surface area contributed by atoms with Crippen molar-refractivity contribution in [2.24, 2.45) is 0 Å². The Morgan fingerprint density at radius 2 is 1.65 bits per heavy atom. The van der Waals surface area contributed by atoms with Crippen molar-refractivity contribution >= 4 is 0 Å². The molecule has 0 aliphatic carbocycles. The van der Waals surface area contributed by atoms with E-state index in [-0.39, 0.29) is 11.7 Å². The molecule has 1 nitrogen and oxygen atoms in total. The number of aryl methyl sites for hydroxylation is 2. The van der Waals surface area contributed by atoms with E-state index >= 15 is 0 Å². The summed E-state index contributed by atoms with van der Waals surface area (Å²) in [7, 11) is 0. The Labute approximate surface area is 104 Å². The van der Waals surface area contributed by atoms with Crippen LogP contribution < -0.4 is 0 Å². The Bertz CT molecular complexity index is 459. The maximum Gasteiger partial charge on any atom is 0.0922 e. The van der Waals surface area contributed by atoms with Crippen LogP contribution >= 0.6 is 0 Å². The molecule has 17 heavy (non-hydrogen) atoms. The van der Waals surface area contributed by atoms with E-state index < -0.39 is 0 Å². The molecule has 0 unspecified atom stereocenters. The van der Waals surface area contributed by atoms with E-state index in [0.29, 0.717) is 0 Å². The first kappa shape index (κ1) is 13.3. The van der Waals surface area contributed by atoms with E-state index in [1.165, 1.54) is 11.1 Å². The third-order valence-electron chi connectivity index (χ3n) is 2.75. The predicted molar refractivity (Wildman–Crippen MR) is 73.7 cm³/mol. The van der Waals surface area contributed by atoms with Crippen LogP contribution in [-0.4, -0.2) is 5.11 Å². The van der Waals surface area contributed by atoms with Crippen LogP contribution in [0.1, 0.15) is 29.5 Å². The first-order valence-electron chi connectivity index (χ1n) is 5.80. The van der Waals surface area contributed by atoms with E-state index in [4.69, 9.17) is 0 Å². The highest BCUT2D eigenvalue weighted by Crippen LogP contribution is 2.19. The van der Waals surface area contributed by atoms with E-state index in [0.717, 1.165) is 5.56 Å². The Morgan fingerprint density at radius 3 is 2.29 bits per heavy atom. The number of aliphatic hydroxyl groups excluding tert-OH is 1. The average molecular weight is 228 g/mol. The lowest BCUT2D eigenvalue weighted by Gasteiger charge is -2.08. The highest BCUT2D eigenvalue weighted by atomic mass is 16.3. The zero-order valence-electron chi connectivity index (χ0n) is 10.8. The predicted octanol–water partition coefficient (Wildman–Crippen LogP) is 4.60. The zero-order valence-corrected chi connectivity index (χ0v) is 10.8. The average Bonchev–Trinajstić information content (AvgIpc) is 2.26. The Morgan fingerprint density at radius 1 is 1.06 bits per heavy atom. The second-order valence-corrected chi connectivity index (χ2v) is 4.40. The zero-order chi connectivity index (χ0) is 12.8. The topological polar surface area (TPSA) is 20.2 Å². The second-order valence-electron chi connectivity index (χ2n) is 4.40. The van der Waals surface area contributed by atoms with E-state index in [9.17, 15) is 5.11 Å². The minimum absolute atomic E-state index is 0.0480. The summed E-state index contributed by atoms with van der Waals surface area (Å²) < 4.78 is 0. The number of aliphatic hydroxyl groups is 1. The molecule has 0 radical (unpaired) electrons. The molecule has 1 rings (SSSR count). The highest BCUT2D eigenvalue weighted by molar-refractivity contribution is 5.25. The van der Waals surface area contributed by atoms with Crippen molar-refractivity contribution in [3.05, 3.63) is 71.5 Å². The molecule has 0 bridgehead atoms. The van der Waals surface area contributed by atoms with Crippen molar-refractivity contribution in [3.8, 4) is 0 Å². The second kappa shape index (κ2) is 6.09. The molecule has 0 spiro atoms. The van der Waals surface area contributed by atoms with Gasteiger partial charge in [-0.25, -0.2) is 0 Å². The van der Waals surface area contributed by atoms with Crippen LogP contribution in [0.3, 0.4) is 0 Å². The lowest BCUT2D eigenvalue weighted by atomic mass is 10.0. The fourth-order valence-corrected chi connectivity index (χ4v) is 1.59. The van der Waals surface area contributed by atoms with Gasteiger partial charge in [0.2, 0.25) is 0 Å². The molecular formula is C16H20O. The SMILES string of the molecule is C=C(O)[C@@H](C)c1ccccc(C)cc(C)cc1. The normalized spacial score (nSPS) is 11.5. The van der Waals surface area contributed by atoms with Crippen LogP contribution in [0.15, 0.2) is 54.8 Å². The monoisotopic (exact) mass is 228 g/mol. The maximum absolute atomic E-state index is 9.45. The van der Waals surface area contributed by atoms with Gasteiger partial charge in [0.1, 0.15) is 0 Å². The molecule has 0 fully saturated rings. The molecule has 1 aromatic rings. The largest absolute Gasteiger partial charge is 0.512 e. The van der Waals surface area contributed by atoms with Gasteiger partial charge in [-0.15, -0.1) is 0 Å². The van der Waals surface area contributed by atoms with Gasteiger partial charge in [-0.1, -0.05) is 67.1 Å². The van der Waals surface area contributed by atoms with Gasteiger partial charge in [-0.2, -0.15) is 0 Å². The fraction of sp³-hybridized carbons (Fsp3) is 0.250. The number of rotatable bonds is 2. The van der Waals surface area contributed by atoms with Crippen molar-refractivity contribution in [1.29, 1.82) is 0 Å². The molecule has 0 aliphatic rings. The third-order valence-corrected chi connectivity index (χ3v) is 2.75. The minimum atomic E-state index is -0.0480. The van der Waals surface area contributed by atoms with E-state index in [2.05, 4.69) is 38.6 Å². The van der Waals surface area contributed by atoms with Gasteiger partial charge >= 0.3 is 0 Å². The molecule has 1 aromatic carbocycles. The molecule has 0 amide bonds. The first-order valence-corrected chi connectivity index (χ1v) is 5.80. The number of hydrogen-bond acceptors (Lipinski definition) is 1. The molecular weight excluding hydrogens is 208 g/mol. The highest BCUT2D eigenvalue weighted by Gasteiger charge is 2.05. The number of allylic oxidation sites excluding steroid dienone is 1. The van der Waals surface area contributed by atoms with Crippen LogP contribution in [0.4, 0.5) is 0 Å². The molecule has 1 N–H and O–H groups in total. The van der Waals surface area contributed by atoms with Gasteiger partial charge in [-0.3, -0.25) is 0 Å². The van der Waals surface area contributed by atoms with Gasteiger partial charge in [-0.05, 0) is 19.4 Å². The van der Waals surface area contributed by atoms with Gasteiger partial charge in [0.15, 0.2) is 0 Å². The number of hydrogen-bond donors (Lipinski definition) is 1. The summed E-state index contributed by atoms with van der Waals surface area (Å²) in [6.07, 6.45) is 0. The molecule has 0 saturated heterocycles. The van der Waals surface area contributed by atoms with Gasteiger partial charge in [0.05, 0.1) is 5.76 Å². The summed E-state index contributed by atoms with van der Waals surface area (Å²) in [5, 5.41) is 9.45. The Hall–Kier alpha value is -1.76. The first-order chi connectivity index (χ1) is 8.00. The molecule has 0 saturated carbocycles. The standard InChI is InChI=1S/C16H20O/c1-12-7-5-6-8-16(14(3)15(4)17)10-9-13(2)11-12/h5-11,14,17H,4H2,1-3H3/t14-/m1/s1. The van der Waals surface area contributed by atoms with Crippen molar-refractivity contribution in [3.63, 3.8) is 0 Å². The lowest BCUT2D eigenvalue weighted by Crippen LogP contribution is -1.94. The van der Waals surface area contributed by atoms with Crippen LogP contribution in [0.2, 0.25) is 0 Å². The van der Waals surface area contributed by atoms with Gasteiger partial charge < -0.3 is 5.11 Å². The molecule has 0 aliphatic heterocycles. The summed E-state index contributed by atoms with van der Waals surface area (Å²) in [4.78, 5) is 0. The summed E-state index contributed by atoms with van der Waals surface area (Å²) >= 11 is 0. The molecule has 90 valence electrons. The smallest absolute Gasteiger partial charge is 0.0922 e. The van der Waals surface area contributed by atoms with Gasteiger partial charge in [0, 0.05) is 5.92 Å². The van der Waals surface area contributed by atoms with E-state index in [1.807, 2.05) is 31.2 Å². The van der Waals surface area contributed by atoms with Crippen molar-refractivity contribution in [1.82, 2.24) is 0 Å². The molecule has 0 aromatic heterocycles. The van der Waals surface area contributed by atoms with Crippen LogP contribution in [-0.2, 0) is 0 Å². The summed E-state index contributed by atoms with van der Waals surface area (Å²) in [6, 6.07) is 14.3. The quantitative estimate of drug-likeness (QED) is 0.733. The molecule has 1 heteroatoms. The molecule has 1 atom stereocenters. The Balaban J connectivity index is 3.31.